The quantitative estimate of drug-likeness (QED) is 0.758. The summed E-state index contributed by atoms with van der Waals surface area (Å²) in [6, 6.07) is 1.12. The van der Waals surface area contributed by atoms with Crippen molar-refractivity contribution in [3.05, 3.63) is 29.1 Å². The van der Waals surface area contributed by atoms with Crippen molar-refractivity contribution < 1.29 is 28.3 Å². The minimum Gasteiger partial charge on any atom is -0.379 e. The number of carbonyl (C=O) groups is 4. The van der Waals surface area contributed by atoms with E-state index in [1.54, 1.807) is 0 Å². The van der Waals surface area contributed by atoms with Crippen LogP contribution in [0.15, 0.2) is 12.1 Å². The van der Waals surface area contributed by atoms with Gasteiger partial charge in [0.1, 0.15) is 11.9 Å². The molecule has 3 aliphatic heterocycles. The molecule has 3 heterocycles. The summed E-state index contributed by atoms with van der Waals surface area (Å²) in [5, 5.41) is 5.12. The van der Waals surface area contributed by atoms with Crippen molar-refractivity contribution >= 4 is 29.3 Å². The first kappa shape index (κ1) is 17.6. The fraction of sp³-hybridized carbons (Fsp3) is 0.444. The molecule has 2 saturated heterocycles. The summed E-state index contributed by atoms with van der Waals surface area (Å²) in [6.07, 6.45) is 1.65. The number of imide groups is 2. The van der Waals surface area contributed by atoms with Gasteiger partial charge in [0.25, 0.3) is 11.8 Å². The van der Waals surface area contributed by atoms with Crippen LogP contribution < -0.4 is 10.6 Å². The van der Waals surface area contributed by atoms with E-state index in [0.29, 0.717) is 13.2 Å². The van der Waals surface area contributed by atoms with Crippen LogP contribution in [0.3, 0.4) is 0 Å². The Morgan fingerprint density at radius 2 is 1.96 bits per heavy atom. The number of nitrogens with one attached hydrogen (secondary N) is 2. The normalized spacial score (nSPS) is 25.4. The average molecular weight is 375 g/mol. The predicted octanol–water partition coefficient (Wildman–Crippen LogP) is 0.818. The highest BCUT2D eigenvalue weighted by Crippen LogP contribution is 2.34. The zero-order valence-electron chi connectivity index (χ0n) is 14.4. The number of amides is 4. The third-order valence-corrected chi connectivity index (χ3v) is 5.07. The van der Waals surface area contributed by atoms with E-state index in [0.717, 1.165) is 23.8 Å². The monoisotopic (exact) mass is 375 g/mol. The molecule has 4 amide bonds. The van der Waals surface area contributed by atoms with E-state index in [9.17, 15) is 23.6 Å². The van der Waals surface area contributed by atoms with Gasteiger partial charge in [0, 0.05) is 19.1 Å². The molecule has 4 rings (SSSR count). The molecule has 0 bridgehead atoms. The highest BCUT2D eigenvalue weighted by atomic mass is 19.1. The summed E-state index contributed by atoms with van der Waals surface area (Å²) >= 11 is 0. The van der Waals surface area contributed by atoms with E-state index in [4.69, 9.17) is 4.74 Å². The lowest BCUT2D eigenvalue weighted by Gasteiger charge is -2.28. The Morgan fingerprint density at radius 1 is 1.15 bits per heavy atom. The Hall–Kier alpha value is -2.81. The Labute approximate surface area is 154 Å². The number of fused-ring (bicyclic) bond motifs is 1. The van der Waals surface area contributed by atoms with E-state index in [1.165, 1.54) is 6.07 Å². The number of rotatable bonds is 3. The van der Waals surface area contributed by atoms with Crippen LogP contribution in [0, 0.1) is 5.82 Å². The number of hydrogen-bond acceptors (Lipinski definition) is 6. The number of nitrogens with zero attached hydrogens (tertiary/aromatic N) is 1. The third-order valence-electron chi connectivity index (χ3n) is 5.07. The Balaban J connectivity index is 1.67. The summed E-state index contributed by atoms with van der Waals surface area (Å²) in [5.74, 6) is -3.18. The fourth-order valence-electron chi connectivity index (χ4n) is 3.73. The van der Waals surface area contributed by atoms with Crippen molar-refractivity contribution in [1.29, 1.82) is 0 Å². The molecular formula is C18H18FN3O5. The lowest BCUT2D eigenvalue weighted by molar-refractivity contribution is -0.136. The molecule has 27 heavy (non-hydrogen) atoms. The lowest BCUT2D eigenvalue weighted by atomic mass is 10.0. The molecule has 142 valence electrons. The van der Waals surface area contributed by atoms with Crippen LogP contribution in [0.2, 0.25) is 0 Å². The molecule has 0 saturated carbocycles. The maximum Gasteiger partial charge on any atom is 0.264 e. The molecule has 8 nitrogen and oxygen atoms in total. The number of halogens is 1. The van der Waals surface area contributed by atoms with Crippen molar-refractivity contribution in [2.24, 2.45) is 0 Å². The Bertz CT molecular complexity index is 850. The van der Waals surface area contributed by atoms with Crippen molar-refractivity contribution in [2.45, 2.75) is 37.8 Å². The second-order valence-electron chi connectivity index (χ2n) is 6.85. The Morgan fingerprint density at radius 3 is 2.67 bits per heavy atom. The van der Waals surface area contributed by atoms with Gasteiger partial charge in [0.15, 0.2) is 0 Å². The van der Waals surface area contributed by atoms with Gasteiger partial charge in [-0.25, -0.2) is 4.39 Å². The van der Waals surface area contributed by atoms with Crippen LogP contribution in [0.4, 0.5) is 10.1 Å². The van der Waals surface area contributed by atoms with Gasteiger partial charge in [-0.05, 0) is 31.4 Å². The zero-order chi connectivity index (χ0) is 19.1. The first-order valence-corrected chi connectivity index (χ1v) is 8.85. The van der Waals surface area contributed by atoms with E-state index < -0.39 is 35.5 Å². The van der Waals surface area contributed by atoms with E-state index in [-0.39, 0.29) is 35.7 Å². The van der Waals surface area contributed by atoms with Crippen LogP contribution in [0.1, 0.15) is 46.4 Å². The molecule has 0 radical (unpaired) electrons. The molecule has 2 N–H and O–H groups in total. The second kappa shape index (κ2) is 6.73. The molecular weight excluding hydrogens is 357 g/mol. The van der Waals surface area contributed by atoms with Crippen molar-refractivity contribution in [3.8, 4) is 0 Å². The van der Waals surface area contributed by atoms with Gasteiger partial charge in [-0.15, -0.1) is 0 Å². The van der Waals surface area contributed by atoms with Gasteiger partial charge >= 0.3 is 0 Å². The van der Waals surface area contributed by atoms with Crippen molar-refractivity contribution in [3.63, 3.8) is 0 Å². The van der Waals surface area contributed by atoms with Crippen LogP contribution in [0.5, 0.6) is 0 Å². The molecule has 9 heteroatoms. The average Bonchev–Trinajstić information content (AvgIpc) is 2.89. The van der Waals surface area contributed by atoms with Gasteiger partial charge in [0.05, 0.1) is 23.4 Å². The summed E-state index contributed by atoms with van der Waals surface area (Å²) in [4.78, 5) is 50.0. The molecule has 0 aliphatic carbocycles. The molecule has 1 aromatic carbocycles. The number of hydrogen-bond donors (Lipinski definition) is 2. The highest BCUT2D eigenvalue weighted by molar-refractivity contribution is 6.25. The largest absolute Gasteiger partial charge is 0.379 e. The van der Waals surface area contributed by atoms with Gasteiger partial charge in [-0.1, -0.05) is 0 Å². The summed E-state index contributed by atoms with van der Waals surface area (Å²) in [6.45, 7) is 1.01. The van der Waals surface area contributed by atoms with E-state index in [2.05, 4.69) is 10.6 Å². The smallest absolute Gasteiger partial charge is 0.264 e. The van der Waals surface area contributed by atoms with Gasteiger partial charge < -0.3 is 10.1 Å². The van der Waals surface area contributed by atoms with Crippen LogP contribution >= 0.6 is 0 Å². The number of benzene rings is 1. The van der Waals surface area contributed by atoms with Crippen molar-refractivity contribution in [2.75, 3.05) is 18.5 Å². The minimum atomic E-state index is -1.08. The first-order valence-electron chi connectivity index (χ1n) is 8.85. The molecule has 2 fully saturated rings. The first-order chi connectivity index (χ1) is 13.0. The van der Waals surface area contributed by atoms with Gasteiger partial charge in [0.2, 0.25) is 11.8 Å². The summed E-state index contributed by atoms with van der Waals surface area (Å²) < 4.78 is 19.9. The Kier molecular flexibility index (Phi) is 4.39. The number of anilines is 1. The number of piperidine rings is 1. The van der Waals surface area contributed by atoms with Crippen LogP contribution in [0.25, 0.3) is 0 Å². The predicted molar refractivity (Wildman–Crippen MR) is 90.5 cm³/mol. The van der Waals surface area contributed by atoms with Gasteiger partial charge in [-0.2, -0.15) is 0 Å². The number of carbonyl (C=O) groups excluding carboxylic acids is 4. The molecule has 1 aromatic rings. The standard InChI is InChI=1S/C18H18FN3O5/c19-11-4-3-10-14(15(11)20-9-2-1-7-27-8-9)18(26)22(17(10)25)12-5-6-13(23)21-16(12)24/h3-4,9,12,20H,1-2,5-8H2,(H,21,23,24)/t9-,12?/m1/s1. The van der Waals surface area contributed by atoms with Crippen LogP contribution in [-0.2, 0) is 14.3 Å². The molecule has 0 spiro atoms. The highest BCUT2D eigenvalue weighted by Gasteiger charge is 2.46. The molecule has 0 aromatic heterocycles. The topological polar surface area (TPSA) is 105 Å². The lowest BCUT2D eigenvalue weighted by Crippen LogP contribution is -2.54. The third kappa shape index (κ3) is 2.97. The molecule has 2 atom stereocenters. The SMILES string of the molecule is O=C1CCC(N2C(=O)c3ccc(F)c(N[C@@H]4CCCOC4)c3C2=O)C(=O)N1. The molecule has 1 unspecified atom stereocenters. The summed E-state index contributed by atoms with van der Waals surface area (Å²) in [5.41, 5.74) is -0.0725. The summed E-state index contributed by atoms with van der Waals surface area (Å²) in [7, 11) is 0. The maximum absolute atomic E-state index is 14.5. The zero-order valence-corrected chi connectivity index (χ0v) is 14.4. The van der Waals surface area contributed by atoms with E-state index in [1.807, 2.05) is 0 Å². The maximum atomic E-state index is 14.5. The minimum absolute atomic E-state index is 0.0304. The fourth-order valence-corrected chi connectivity index (χ4v) is 3.73. The second-order valence-corrected chi connectivity index (χ2v) is 6.85. The van der Waals surface area contributed by atoms with Gasteiger partial charge in [-0.3, -0.25) is 29.4 Å². The van der Waals surface area contributed by atoms with E-state index >= 15 is 0 Å². The van der Waals surface area contributed by atoms with Crippen molar-refractivity contribution in [1.82, 2.24) is 10.2 Å². The van der Waals surface area contributed by atoms with Crippen LogP contribution in [-0.4, -0.2) is 53.8 Å². The number of ether oxygens (including phenoxy) is 1. The molecule has 3 aliphatic rings.